The lowest BCUT2D eigenvalue weighted by atomic mass is 10.2. The molecule has 2 aromatic rings. The van der Waals surface area contributed by atoms with E-state index in [-0.39, 0.29) is 26.3 Å². The van der Waals surface area contributed by atoms with Crippen LogP contribution >= 0.6 is 34.8 Å². The van der Waals surface area contributed by atoms with E-state index in [0.29, 0.717) is 0 Å². The number of aromatic nitrogens is 1. The maximum absolute atomic E-state index is 12.1. The quantitative estimate of drug-likeness (QED) is 0.643. The average molecular weight is 374 g/mol. The molecule has 8 heteroatoms. The molecular formula is C15H11Cl3N2O3. The van der Waals surface area contributed by atoms with Crippen LogP contribution in [0.1, 0.15) is 17.3 Å². The van der Waals surface area contributed by atoms with Gasteiger partial charge in [-0.1, -0.05) is 34.8 Å². The number of hydrogen-bond acceptors (Lipinski definition) is 4. The second-order valence-electron chi connectivity index (χ2n) is 4.52. The van der Waals surface area contributed by atoms with Gasteiger partial charge in [-0.05, 0) is 31.2 Å². The number of pyridine rings is 1. The molecular weight excluding hydrogens is 363 g/mol. The first kappa shape index (κ1) is 17.5. The molecule has 1 aromatic heterocycles. The summed E-state index contributed by atoms with van der Waals surface area (Å²) in [5.41, 5.74) is 0.523. The number of rotatable bonds is 4. The fourth-order valence-electron chi connectivity index (χ4n) is 1.62. The summed E-state index contributed by atoms with van der Waals surface area (Å²) in [6.45, 7) is 1.44. The number of hydrogen-bond donors (Lipinski definition) is 1. The van der Waals surface area contributed by atoms with Crippen LogP contribution in [0.15, 0.2) is 36.7 Å². The highest BCUT2D eigenvalue weighted by molar-refractivity contribution is 6.44. The molecule has 5 nitrogen and oxygen atoms in total. The molecule has 0 aliphatic heterocycles. The molecule has 2 rings (SSSR count). The van der Waals surface area contributed by atoms with Crippen molar-refractivity contribution < 1.29 is 14.3 Å². The third kappa shape index (κ3) is 4.58. The van der Waals surface area contributed by atoms with E-state index < -0.39 is 18.0 Å². The van der Waals surface area contributed by atoms with Crippen molar-refractivity contribution in [2.45, 2.75) is 13.0 Å². The molecule has 0 radical (unpaired) electrons. The van der Waals surface area contributed by atoms with Gasteiger partial charge in [-0.25, -0.2) is 4.79 Å². The molecule has 1 amide bonds. The Morgan fingerprint density at radius 3 is 2.52 bits per heavy atom. The zero-order chi connectivity index (χ0) is 17.0. The van der Waals surface area contributed by atoms with Crippen molar-refractivity contribution in [1.82, 2.24) is 4.98 Å². The number of ether oxygens (including phenoxy) is 1. The monoisotopic (exact) mass is 372 g/mol. The normalized spacial score (nSPS) is 11.7. The summed E-state index contributed by atoms with van der Waals surface area (Å²) in [7, 11) is 0. The number of carbonyl (C=O) groups excluding carboxylic acids is 2. The van der Waals surface area contributed by atoms with Gasteiger partial charge < -0.3 is 10.1 Å². The van der Waals surface area contributed by atoms with Gasteiger partial charge >= 0.3 is 5.97 Å². The van der Waals surface area contributed by atoms with Crippen LogP contribution in [0.3, 0.4) is 0 Å². The Bertz CT molecular complexity index is 738. The van der Waals surface area contributed by atoms with Gasteiger partial charge in [0.15, 0.2) is 6.10 Å². The summed E-state index contributed by atoms with van der Waals surface area (Å²) in [4.78, 5) is 27.8. The van der Waals surface area contributed by atoms with Crippen LogP contribution in [0.5, 0.6) is 0 Å². The van der Waals surface area contributed by atoms with Gasteiger partial charge in [-0.2, -0.15) is 0 Å². The molecule has 0 spiro atoms. The standard InChI is InChI=1S/C15H11Cl3N2O3/c1-8(23-15(22)9-3-2-4-19-7-9)14(21)20-13-6-11(17)10(16)5-12(13)18/h2-8H,1H3,(H,20,21)/t8-/m1/s1. The molecule has 1 aromatic carbocycles. The molecule has 0 saturated heterocycles. The smallest absolute Gasteiger partial charge is 0.340 e. The Hall–Kier alpha value is -1.82. The van der Waals surface area contributed by atoms with E-state index in [4.69, 9.17) is 39.5 Å². The van der Waals surface area contributed by atoms with Crippen molar-refractivity contribution >= 4 is 52.4 Å². The fraction of sp³-hybridized carbons (Fsp3) is 0.133. The highest BCUT2D eigenvalue weighted by Gasteiger charge is 2.20. The predicted octanol–water partition coefficient (Wildman–Crippen LogP) is 4.23. The molecule has 1 atom stereocenters. The summed E-state index contributed by atoms with van der Waals surface area (Å²) in [6.07, 6.45) is 1.84. The SMILES string of the molecule is C[C@@H](OC(=O)c1cccnc1)C(=O)Nc1cc(Cl)c(Cl)cc1Cl. The van der Waals surface area contributed by atoms with Gasteiger partial charge in [-0.3, -0.25) is 9.78 Å². The van der Waals surface area contributed by atoms with Crippen molar-refractivity contribution in [1.29, 1.82) is 0 Å². The van der Waals surface area contributed by atoms with Crippen molar-refractivity contribution in [3.05, 3.63) is 57.3 Å². The second kappa shape index (κ2) is 7.64. The van der Waals surface area contributed by atoms with Crippen molar-refractivity contribution in [3.8, 4) is 0 Å². The Balaban J connectivity index is 2.03. The number of esters is 1. The molecule has 0 bridgehead atoms. The summed E-state index contributed by atoms with van der Waals surface area (Å²) in [5.74, 6) is -1.21. The lowest BCUT2D eigenvalue weighted by molar-refractivity contribution is -0.123. The highest BCUT2D eigenvalue weighted by atomic mass is 35.5. The van der Waals surface area contributed by atoms with Gasteiger partial charge in [0.05, 0.1) is 26.3 Å². The molecule has 120 valence electrons. The Kier molecular flexibility index (Phi) is 5.82. The van der Waals surface area contributed by atoms with Crippen LogP contribution in [0, 0.1) is 0 Å². The van der Waals surface area contributed by atoms with E-state index >= 15 is 0 Å². The molecule has 23 heavy (non-hydrogen) atoms. The number of carbonyl (C=O) groups is 2. The van der Waals surface area contributed by atoms with Crippen LogP contribution in [0.25, 0.3) is 0 Å². The average Bonchev–Trinajstić information content (AvgIpc) is 2.53. The first-order valence-electron chi connectivity index (χ1n) is 6.45. The molecule has 0 saturated carbocycles. The second-order valence-corrected chi connectivity index (χ2v) is 5.75. The largest absolute Gasteiger partial charge is 0.449 e. The minimum atomic E-state index is -1.03. The maximum Gasteiger partial charge on any atom is 0.340 e. The summed E-state index contributed by atoms with van der Waals surface area (Å²) in [5, 5.41) is 3.26. The molecule has 1 heterocycles. The van der Waals surface area contributed by atoms with E-state index in [1.807, 2.05) is 0 Å². The number of benzene rings is 1. The third-order valence-electron chi connectivity index (χ3n) is 2.82. The minimum Gasteiger partial charge on any atom is -0.449 e. The first-order valence-corrected chi connectivity index (χ1v) is 7.58. The summed E-state index contributed by atoms with van der Waals surface area (Å²) < 4.78 is 5.07. The van der Waals surface area contributed by atoms with Crippen LogP contribution in [0.2, 0.25) is 15.1 Å². The van der Waals surface area contributed by atoms with Crippen LogP contribution in [-0.2, 0) is 9.53 Å². The zero-order valence-corrected chi connectivity index (χ0v) is 14.1. The van der Waals surface area contributed by atoms with Crippen LogP contribution in [-0.4, -0.2) is 23.0 Å². The van der Waals surface area contributed by atoms with Crippen molar-refractivity contribution in [2.24, 2.45) is 0 Å². The molecule has 0 aliphatic rings. The number of halogens is 3. The number of nitrogens with one attached hydrogen (secondary N) is 1. The maximum atomic E-state index is 12.1. The van der Waals surface area contributed by atoms with E-state index in [2.05, 4.69) is 10.3 Å². The fourth-order valence-corrected chi connectivity index (χ4v) is 2.21. The van der Waals surface area contributed by atoms with E-state index in [1.54, 1.807) is 6.07 Å². The molecule has 0 aliphatic carbocycles. The van der Waals surface area contributed by atoms with E-state index in [1.165, 1.54) is 37.5 Å². The topological polar surface area (TPSA) is 68.3 Å². The number of nitrogens with zero attached hydrogens (tertiary/aromatic N) is 1. The number of amides is 1. The van der Waals surface area contributed by atoms with Crippen LogP contribution < -0.4 is 5.32 Å². The summed E-state index contributed by atoms with van der Waals surface area (Å²) >= 11 is 17.7. The zero-order valence-electron chi connectivity index (χ0n) is 11.8. The number of anilines is 1. The Morgan fingerprint density at radius 2 is 1.87 bits per heavy atom. The van der Waals surface area contributed by atoms with Gasteiger partial charge in [0, 0.05) is 12.4 Å². The third-order valence-corrected chi connectivity index (χ3v) is 3.85. The van der Waals surface area contributed by atoms with Crippen molar-refractivity contribution in [3.63, 3.8) is 0 Å². The lowest BCUT2D eigenvalue weighted by Gasteiger charge is -2.14. The molecule has 0 fully saturated rings. The first-order chi connectivity index (χ1) is 10.9. The lowest BCUT2D eigenvalue weighted by Crippen LogP contribution is -2.30. The predicted molar refractivity (Wildman–Crippen MR) is 89.2 cm³/mol. The van der Waals surface area contributed by atoms with Crippen molar-refractivity contribution in [2.75, 3.05) is 5.32 Å². The molecule has 0 unspecified atom stereocenters. The van der Waals surface area contributed by atoms with E-state index in [9.17, 15) is 9.59 Å². The van der Waals surface area contributed by atoms with E-state index in [0.717, 1.165) is 0 Å². The summed E-state index contributed by atoms with van der Waals surface area (Å²) in [6, 6.07) is 5.96. The minimum absolute atomic E-state index is 0.221. The molecule has 1 N–H and O–H groups in total. The van der Waals surface area contributed by atoms with Gasteiger partial charge in [0.2, 0.25) is 0 Å². The van der Waals surface area contributed by atoms with Gasteiger partial charge in [0.25, 0.3) is 5.91 Å². The van der Waals surface area contributed by atoms with Gasteiger partial charge in [-0.15, -0.1) is 0 Å². The Labute approximate surface area is 147 Å². The van der Waals surface area contributed by atoms with Crippen LogP contribution in [0.4, 0.5) is 5.69 Å². The highest BCUT2D eigenvalue weighted by Crippen LogP contribution is 2.32. The van der Waals surface area contributed by atoms with Gasteiger partial charge in [0.1, 0.15) is 0 Å². The Morgan fingerprint density at radius 1 is 1.17 bits per heavy atom.